The Bertz CT molecular complexity index is 599. The van der Waals surface area contributed by atoms with Crippen molar-refractivity contribution >= 4 is 11.6 Å². The van der Waals surface area contributed by atoms with Crippen molar-refractivity contribution < 1.29 is 17.9 Å². The topological polar surface area (TPSA) is 35.2 Å². The fourth-order valence-electron chi connectivity index (χ4n) is 1.81. The lowest BCUT2D eigenvalue weighted by Gasteiger charge is -2.17. The van der Waals surface area contributed by atoms with E-state index < -0.39 is 17.8 Å². The van der Waals surface area contributed by atoms with E-state index >= 15 is 0 Å². The summed E-state index contributed by atoms with van der Waals surface area (Å²) in [6.45, 7) is -0.0608. The summed E-state index contributed by atoms with van der Waals surface area (Å²) < 4.78 is 43.7. The van der Waals surface area contributed by atoms with Gasteiger partial charge in [0, 0.05) is 5.02 Å². The fraction of sp³-hybridized carbons (Fsp3) is 0.200. The number of hydrogen-bond acceptors (Lipinski definition) is 2. The second kappa shape index (κ2) is 6.37. The maximum atomic E-state index is 12.8. The van der Waals surface area contributed by atoms with Gasteiger partial charge >= 0.3 is 6.18 Å². The molecule has 1 atom stereocenters. The number of hydrogen-bond donors (Lipinski definition) is 1. The van der Waals surface area contributed by atoms with Gasteiger partial charge in [0.2, 0.25) is 0 Å². The first kappa shape index (κ1) is 15.7. The molecule has 1 unspecified atom stereocenters. The Morgan fingerprint density at radius 1 is 1.05 bits per heavy atom. The van der Waals surface area contributed by atoms with Crippen molar-refractivity contribution in [1.29, 1.82) is 0 Å². The van der Waals surface area contributed by atoms with Crippen LogP contribution in [0.15, 0.2) is 48.5 Å². The molecule has 112 valence electrons. The molecule has 0 saturated carbocycles. The highest BCUT2D eigenvalue weighted by Crippen LogP contribution is 2.36. The Labute approximate surface area is 125 Å². The standard InChI is InChI=1S/C15H13ClF3NO/c16-11-7-5-10(6-8-11)13(20)9-21-14-4-2-1-3-12(14)15(17,18)19/h1-8,13H,9,20H2. The molecule has 0 aliphatic heterocycles. The molecule has 2 N–H and O–H groups in total. The summed E-state index contributed by atoms with van der Waals surface area (Å²) in [5.74, 6) is -0.227. The number of rotatable bonds is 4. The van der Waals surface area contributed by atoms with E-state index in [1.54, 1.807) is 24.3 Å². The van der Waals surface area contributed by atoms with Crippen LogP contribution >= 0.6 is 11.6 Å². The molecule has 2 aromatic rings. The lowest BCUT2D eigenvalue weighted by atomic mass is 10.1. The van der Waals surface area contributed by atoms with Crippen LogP contribution in [-0.2, 0) is 6.18 Å². The minimum atomic E-state index is -4.46. The predicted molar refractivity (Wildman–Crippen MR) is 75.3 cm³/mol. The minimum absolute atomic E-state index is 0.0608. The SMILES string of the molecule is NC(COc1ccccc1C(F)(F)F)c1ccc(Cl)cc1. The summed E-state index contributed by atoms with van der Waals surface area (Å²) in [4.78, 5) is 0. The van der Waals surface area contributed by atoms with Crippen molar-refractivity contribution in [3.05, 3.63) is 64.7 Å². The van der Waals surface area contributed by atoms with E-state index in [-0.39, 0.29) is 12.4 Å². The van der Waals surface area contributed by atoms with Crippen LogP contribution in [0.4, 0.5) is 13.2 Å². The van der Waals surface area contributed by atoms with Gasteiger partial charge in [-0.2, -0.15) is 13.2 Å². The predicted octanol–water partition coefficient (Wildman–Crippen LogP) is 4.44. The highest BCUT2D eigenvalue weighted by atomic mass is 35.5. The average molecular weight is 316 g/mol. The van der Waals surface area contributed by atoms with Crippen molar-refractivity contribution in [3.63, 3.8) is 0 Å². The Morgan fingerprint density at radius 3 is 2.29 bits per heavy atom. The van der Waals surface area contributed by atoms with Gasteiger partial charge in [-0.15, -0.1) is 0 Å². The lowest BCUT2D eigenvalue weighted by molar-refractivity contribution is -0.139. The zero-order valence-corrected chi connectivity index (χ0v) is 11.7. The van der Waals surface area contributed by atoms with Crippen molar-refractivity contribution in [1.82, 2.24) is 0 Å². The molecule has 0 aromatic heterocycles. The summed E-state index contributed by atoms with van der Waals surface area (Å²) in [5.41, 5.74) is 5.83. The van der Waals surface area contributed by atoms with E-state index in [1.807, 2.05) is 0 Å². The molecule has 0 bridgehead atoms. The molecule has 0 aliphatic rings. The lowest BCUT2D eigenvalue weighted by Crippen LogP contribution is -2.20. The molecule has 0 aliphatic carbocycles. The molecule has 2 nitrogen and oxygen atoms in total. The summed E-state index contributed by atoms with van der Waals surface area (Å²) in [7, 11) is 0. The number of nitrogens with two attached hydrogens (primary N) is 1. The molecule has 2 aromatic carbocycles. The molecule has 0 heterocycles. The van der Waals surface area contributed by atoms with Crippen LogP contribution in [-0.4, -0.2) is 6.61 Å². The van der Waals surface area contributed by atoms with Gasteiger partial charge < -0.3 is 10.5 Å². The van der Waals surface area contributed by atoms with Crippen LogP contribution in [0.25, 0.3) is 0 Å². The number of halogens is 4. The molecule has 0 saturated heterocycles. The van der Waals surface area contributed by atoms with Crippen LogP contribution in [0.5, 0.6) is 5.75 Å². The molecule has 2 rings (SSSR count). The van der Waals surface area contributed by atoms with Crippen LogP contribution in [0.3, 0.4) is 0 Å². The van der Waals surface area contributed by atoms with Crippen molar-refractivity contribution in [3.8, 4) is 5.75 Å². The second-order valence-electron chi connectivity index (χ2n) is 4.46. The average Bonchev–Trinajstić information content (AvgIpc) is 2.45. The summed E-state index contributed by atoms with van der Waals surface area (Å²) in [6, 6.07) is 11.3. The van der Waals surface area contributed by atoms with Gasteiger partial charge in [-0.25, -0.2) is 0 Å². The molecule has 0 spiro atoms. The number of para-hydroxylation sites is 1. The fourth-order valence-corrected chi connectivity index (χ4v) is 1.94. The Hall–Kier alpha value is -1.72. The molecule has 0 amide bonds. The Balaban J connectivity index is 2.08. The maximum Gasteiger partial charge on any atom is 0.419 e. The number of ether oxygens (including phenoxy) is 1. The summed E-state index contributed by atoms with van der Waals surface area (Å²) >= 11 is 5.76. The highest BCUT2D eigenvalue weighted by Gasteiger charge is 2.34. The van der Waals surface area contributed by atoms with Crippen molar-refractivity contribution in [2.24, 2.45) is 5.73 Å². The van der Waals surface area contributed by atoms with Gasteiger partial charge in [0.25, 0.3) is 0 Å². The monoisotopic (exact) mass is 315 g/mol. The zero-order valence-electron chi connectivity index (χ0n) is 10.9. The zero-order chi connectivity index (χ0) is 15.5. The first-order valence-corrected chi connectivity index (χ1v) is 6.56. The molecule has 21 heavy (non-hydrogen) atoms. The third-order valence-electron chi connectivity index (χ3n) is 2.91. The first-order chi connectivity index (χ1) is 9.88. The maximum absolute atomic E-state index is 12.8. The van der Waals surface area contributed by atoms with Crippen LogP contribution in [0, 0.1) is 0 Å². The highest BCUT2D eigenvalue weighted by molar-refractivity contribution is 6.30. The second-order valence-corrected chi connectivity index (χ2v) is 4.90. The summed E-state index contributed by atoms with van der Waals surface area (Å²) in [5, 5.41) is 0.564. The van der Waals surface area contributed by atoms with E-state index in [0.717, 1.165) is 11.6 Å². The molecular formula is C15H13ClF3NO. The van der Waals surface area contributed by atoms with Gasteiger partial charge in [-0.3, -0.25) is 0 Å². The number of benzene rings is 2. The van der Waals surface area contributed by atoms with Crippen molar-refractivity contribution in [2.45, 2.75) is 12.2 Å². The Morgan fingerprint density at radius 2 is 1.67 bits per heavy atom. The first-order valence-electron chi connectivity index (χ1n) is 6.18. The van der Waals surface area contributed by atoms with Crippen molar-refractivity contribution in [2.75, 3.05) is 6.61 Å². The van der Waals surface area contributed by atoms with E-state index in [2.05, 4.69) is 0 Å². The summed E-state index contributed by atoms with van der Waals surface area (Å²) in [6.07, 6.45) is -4.46. The smallest absolute Gasteiger partial charge is 0.419 e. The van der Waals surface area contributed by atoms with Crippen LogP contribution < -0.4 is 10.5 Å². The number of alkyl halides is 3. The van der Waals surface area contributed by atoms with E-state index in [1.165, 1.54) is 18.2 Å². The van der Waals surface area contributed by atoms with Crippen LogP contribution in [0.1, 0.15) is 17.2 Å². The van der Waals surface area contributed by atoms with Gasteiger partial charge in [-0.05, 0) is 29.8 Å². The van der Waals surface area contributed by atoms with E-state index in [4.69, 9.17) is 22.1 Å². The van der Waals surface area contributed by atoms with Gasteiger partial charge in [0.05, 0.1) is 11.6 Å². The minimum Gasteiger partial charge on any atom is -0.491 e. The molecular weight excluding hydrogens is 303 g/mol. The van der Waals surface area contributed by atoms with E-state index in [0.29, 0.717) is 5.02 Å². The van der Waals surface area contributed by atoms with Gasteiger partial charge in [0.15, 0.2) is 0 Å². The van der Waals surface area contributed by atoms with Gasteiger partial charge in [-0.1, -0.05) is 35.9 Å². The Kier molecular flexibility index (Phi) is 4.75. The molecule has 0 radical (unpaired) electrons. The third-order valence-corrected chi connectivity index (χ3v) is 3.16. The third kappa shape index (κ3) is 4.12. The van der Waals surface area contributed by atoms with Gasteiger partial charge in [0.1, 0.15) is 12.4 Å². The van der Waals surface area contributed by atoms with E-state index in [9.17, 15) is 13.2 Å². The largest absolute Gasteiger partial charge is 0.491 e. The van der Waals surface area contributed by atoms with Crippen LogP contribution in [0.2, 0.25) is 5.02 Å². The molecule has 6 heteroatoms. The normalized spacial score (nSPS) is 13.0. The molecule has 0 fully saturated rings. The quantitative estimate of drug-likeness (QED) is 0.905.